The molecule has 4 heteroatoms. The Balaban J connectivity index is 2.59. The third-order valence-corrected chi connectivity index (χ3v) is 2.26. The molecule has 0 bridgehead atoms. The number of nitrogens with one attached hydrogen (secondary N) is 1. The van der Waals surface area contributed by atoms with E-state index < -0.39 is 0 Å². The van der Waals surface area contributed by atoms with Crippen LogP contribution in [0.3, 0.4) is 0 Å². The van der Waals surface area contributed by atoms with Gasteiger partial charge in [0, 0.05) is 12.7 Å². The lowest BCUT2D eigenvalue weighted by molar-refractivity contribution is 0.00881. The molecule has 1 rings (SSSR count). The zero-order valence-electron chi connectivity index (χ0n) is 9.87. The van der Waals surface area contributed by atoms with E-state index in [-0.39, 0.29) is 5.91 Å². The van der Waals surface area contributed by atoms with Gasteiger partial charge in [-0.05, 0) is 25.0 Å². The maximum Gasteiger partial charge on any atom is 0.275 e. The van der Waals surface area contributed by atoms with E-state index in [0.717, 1.165) is 11.1 Å². The number of carbonyl (C=O) groups is 1. The molecule has 0 atom stereocenters. The van der Waals surface area contributed by atoms with Gasteiger partial charge < -0.3 is 4.74 Å². The number of methoxy groups -OCH3 is 1. The van der Waals surface area contributed by atoms with Crippen LogP contribution in [0.4, 0.5) is 0 Å². The van der Waals surface area contributed by atoms with Crippen LogP contribution in [0.2, 0.25) is 0 Å². The normalized spacial score (nSPS) is 10.2. The Hall–Kier alpha value is -1.39. The number of aryl methyl sites for hydroxylation is 2. The van der Waals surface area contributed by atoms with Crippen LogP contribution in [0.25, 0.3) is 0 Å². The lowest BCUT2D eigenvalue weighted by atomic mass is 10.0. The maximum atomic E-state index is 11.8. The number of hydrogen-bond donors (Lipinski definition) is 1. The monoisotopic (exact) mass is 223 g/mol. The Bertz CT molecular complexity index is 343. The minimum Gasteiger partial charge on any atom is -0.382 e. The molecule has 0 saturated carbocycles. The van der Waals surface area contributed by atoms with Crippen molar-refractivity contribution in [2.75, 3.05) is 20.3 Å². The number of carbonyl (C=O) groups excluding carboxylic acids is 1. The predicted molar refractivity (Wildman–Crippen MR) is 61.2 cm³/mol. The summed E-state index contributed by atoms with van der Waals surface area (Å²) in [5, 5.41) is 0. The van der Waals surface area contributed by atoms with Crippen LogP contribution < -0.4 is 5.48 Å². The van der Waals surface area contributed by atoms with Gasteiger partial charge >= 0.3 is 0 Å². The van der Waals surface area contributed by atoms with E-state index in [1.54, 1.807) is 7.11 Å². The first-order chi connectivity index (χ1) is 7.66. The number of hydrogen-bond acceptors (Lipinski definition) is 3. The topological polar surface area (TPSA) is 47.6 Å². The Morgan fingerprint density at radius 2 is 1.88 bits per heavy atom. The zero-order valence-corrected chi connectivity index (χ0v) is 9.87. The second kappa shape index (κ2) is 6.25. The van der Waals surface area contributed by atoms with Crippen LogP contribution in [0, 0.1) is 13.8 Å². The number of hydroxylamine groups is 1. The Morgan fingerprint density at radius 3 is 2.44 bits per heavy atom. The fourth-order valence-electron chi connectivity index (χ4n) is 1.47. The largest absolute Gasteiger partial charge is 0.382 e. The summed E-state index contributed by atoms with van der Waals surface area (Å²) in [7, 11) is 1.58. The molecule has 1 aromatic rings. The number of ether oxygens (including phenoxy) is 1. The highest BCUT2D eigenvalue weighted by molar-refractivity contribution is 5.96. The summed E-state index contributed by atoms with van der Waals surface area (Å²) < 4.78 is 4.80. The van der Waals surface area contributed by atoms with Crippen molar-refractivity contribution >= 4 is 5.91 Å². The molecule has 1 N–H and O–H groups in total. The minimum atomic E-state index is -0.216. The maximum absolute atomic E-state index is 11.8. The standard InChI is InChI=1S/C12H17NO3/c1-9-5-4-6-10(2)11(9)12(14)13-16-8-7-15-3/h4-6H,7-8H2,1-3H3,(H,13,14). The third kappa shape index (κ3) is 3.32. The van der Waals surface area contributed by atoms with Crippen molar-refractivity contribution in [1.29, 1.82) is 0 Å². The molecular formula is C12H17NO3. The summed E-state index contributed by atoms with van der Waals surface area (Å²) in [6.07, 6.45) is 0. The van der Waals surface area contributed by atoms with Crippen LogP contribution in [0.5, 0.6) is 0 Å². The number of benzene rings is 1. The second-order valence-electron chi connectivity index (χ2n) is 3.54. The van der Waals surface area contributed by atoms with Gasteiger partial charge in [0.15, 0.2) is 0 Å². The van der Waals surface area contributed by atoms with Crippen molar-refractivity contribution in [2.45, 2.75) is 13.8 Å². The SMILES string of the molecule is COCCONC(=O)c1c(C)cccc1C. The average molecular weight is 223 g/mol. The van der Waals surface area contributed by atoms with Crippen molar-refractivity contribution < 1.29 is 14.4 Å². The van der Waals surface area contributed by atoms with Gasteiger partial charge in [-0.3, -0.25) is 9.63 Å². The molecule has 1 aromatic carbocycles. The molecule has 0 aliphatic heterocycles. The number of amides is 1. The predicted octanol–water partition coefficient (Wildman–Crippen LogP) is 1.61. The summed E-state index contributed by atoms with van der Waals surface area (Å²) >= 11 is 0. The van der Waals surface area contributed by atoms with Gasteiger partial charge in [0.25, 0.3) is 5.91 Å². The van der Waals surface area contributed by atoms with Crippen molar-refractivity contribution in [2.24, 2.45) is 0 Å². The molecule has 0 spiro atoms. The lowest BCUT2D eigenvalue weighted by Crippen LogP contribution is -2.26. The van der Waals surface area contributed by atoms with Gasteiger partial charge in [0.2, 0.25) is 0 Å². The van der Waals surface area contributed by atoms with E-state index in [1.807, 2.05) is 32.0 Å². The van der Waals surface area contributed by atoms with Crippen LogP contribution >= 0.6 is 0 Å². The first-order valence-electron chi connectivity index (χ1n) is 5.14. The highest BCUT2D eigenvalue weighted by Crippen LogP contribution is 2.12. The van der Waals surface area contributed by atoms with Crippen LogP contribution in [0.15, 0.2) is 18.2 Å². The lowest BCUT2D eigenvalue weighted by Gasteiger charge is -2.09. The van der Waals surface area contributed by atoms with E-state index in [0.29, 0.717) is 18.8 Å². The number of rotatable bonds is 5. The molecule has 88 valence electrons. The summed E-state index contributed by atoms with van der Waals surface area (Å²) in [4.78, 5) is 16.7. The van der Waals surface area contributed by atoms with Crippen molar-refractivity contribution in [3.8, 4) is 0 Å². The highest BCUT2D eigenvalue weighted by Gasteiger charge is 2.11. The van der Waals surface area contributed by atoms with Crippen molar-refractivity contribution in [3.63, 3.8) is 0 Å². The molecule has 16 heavy (non-hydrogen) atoms. The first-order valence-corrected chi connectivity index (χ1v) is 5.14. The fraction of sp³-hybridized carbons (Fsp3) is 0.417. The third-order valence-electron chi connectivity index (χ3n) is 2.26. The minimum absolute atomic E-state index is 0.216. The molecule has 0 aliphatic rings. The molecule has 1 amide bonds. The Kier molecular flexibility index (Phi) is 4.95. The highest BCUT2D eigenvalue weighted by atomic mass is 16.7. The molecule has 0 heterocycles. The molecule has 0 aliphatic carbocycles. The van der Waals surface area contributed by atoms with E-state index in [9.17, 15) is 4.79 Å². The molecule has 0 fully saturated rings. The molecule has 0 saturated heterocycles. The van der Waals surface area contributed by atoms with Gasteiger partial charge in [-0.1, -0.05) is 18.2 Å². The second-order valence-corrected chi connectivity index (χ2v) is 3.54. The zero-order chi connectivity index (χ0) is 12.0. The Morgan fingerprint density at radius 1 is 1.25 bits per heavy atom. The molecule has 0 aromatic heterocycles. The van der Waals surface area contributed by atoms with Crippen molar-refractivity contribution in [3.05, 3.63) is 34.9 Å². The summed E-state index contributed by atoms with van der Waals surface area (Å²) in [6, 6.07) is 5.72. The van der Waals surface area contributed by atoms with Crippen LogP contribution in [0.1, 0.15) is 21.5 Å². The Labute approximate surface area is 95.5 Å². The molecule has 0 radical (unpaired) electrons. The van der Waals surface area contributed by atoms with E-state index in [4.69, 9.17) is 9.57 Å². The van der Waals surface area contributed by atoms with Gasteiger partial charge in [-0.15, -0.1) is 0 Å². The van der Waals surface area contributed by atoms with Gasteiger partial charge in [-0.2, -0.15) is 0 Å². The smallest absolute Gasteiger partial charge is 0.275 e. The van der Waals surface area contributed by atoms with Crippen LogP contribution in [-0.4, -0.2) is 26.2 Å². The van der Waals surface area contributed by atoms with E-state index in [1.165, 1.54) is 0 Å². The first kappa shape index (κ1) is 12.7. The molecule has 0 unspecified atom stereocenters. The summed E-state index contributed by atoms with van der Waals surface area (Å²) in [6.45, 7) is 4.59. The quantitative estimate of drug-likeness (QED) is 0.609. The summed E-state index contributed by atoms with van der Waals surface area (Å²) in [5.74, 6) is -0.216. The van der Waals surface area contributed by atoms with Gasteiger partial charge in [-0.25, -0.2) is 5.48 Å². The van der Waals surface area contributed by atoms with E-state index >= 15 is 0 Å². The van der Waals surface area contributed by atoms with E-state index in [2.05, 4.69) is 5.48 Å². The van der Waals surface area contributed by atoms with Crippen LogP contribution in [-0.2, 0) is 9.57 Å². The molecular weight excluding hydrogens is 206 g/mol. The molecule has 4 nitrogen and oxygen atoms in total. The fourth-order valence-corrected chi connectivity index (χ4v) is 1.47. The average Bonchev–Trinajstić information content (AvgIpc) is 2.24. The van der Waals surface area contributed by atoms with Gasteiger partial charge in [0.05, 0.1) is 13.2 Å². The van der Waals surface area contributed by atoms with Crippen molar-refractivity contribution in [1.82, 2.24) is 5.48 Å². The summed E-state index contributed by atoms with van der Waals surface area (Å²) in [5.41, 5.74) is 4.94. The van der Waals surface area contributed by atoms with Gasteiger partial charge in [0.1, 0.15) is 0 Å².